The number of carbonyl (C=O) groups excluding carboxylic acids is 4. The summed E-state index contributed by atoms with van der Waals surface area (Å²) in [5, 5.41) is 6.44. The van der Waals surface area contributed by atoms with Gasteiger partial charge in [0.25, 0.3) is 11.8 Å². The number of nitrogens with one attached hydrogen (secondary N) is 2. The highest BCUT2D eigenvalue weighted by Crippen LogP contribution is 2.37. The van der Waals surface area contributed by atoms with Gasteiger partial charge in [-0.15, -0.1) is 24.8 Å². The summed E-state index contributed by atoms with van der Waals surface area (Å²) in [5.41, 5.74) is 0.763. The van der Waals surface area contributed by atoms with Crippen LogP contribution in [0.5, 0.6) is 0 Å². The monoisotopic (exact) mass is 680 g/mol. The van der Waals surface area contributed by atoms with Crippen molar-refractivity contribution in [3.63, 3.8) is 0 Å². The third-order valence-electron chi connectivity index (χ3n) is 8.22. The number of rotatable bonds is 9. The molecule has 0 atom stereocenters. The van der Waals surface area contributed by atoms with Crippen molar-refractivity contribution in [2.75, 3.05) is 51.4 Å². The number of halogens is 3. The Morgan fingerprint density at radius 1 is 1.02 bits per heavy atom. The SMILES string of the molecule is CN(C)CCN(C)C(=O)c1cccc2oc(C(=O)Nc3ccc(Cl)cn3)c(NC(=O)C3CCC(N4CCCC4=O)CC3)c12.Cl.Cl. The van der Waals surface area contributed by atoms with Crippen LogP contribution in [0.15, 0.2) is 40.9 Å². The third-order valence-corrected chi connectivity index (χ3v) is 8.44. The molecule has 244 valence electrons. The molecule has 3 heterocycles. The van der Waals surface area contributed by atoms with Gasteiger partial charge < -0.3 is 29.8 Å². The maximum absolute atomic E-state index is 13.7. The highest BCUT2D eigenvalue weighted by atomic mass is 35.5. The fraction of sp³-hybridized carbons (Fsp3) is 0.452. The van der Waals surface area contributed by atoms with Crippen LogP contribution in [-0.4, -0.2) is 90.1 Å². The van der Waals surface area contributed by atoms with Crippen molar-refractivity contribution in [2.24, 2.45) is 5.92 Å². The summed E-state index contributed by atoms with van der Waals surface area (Å²) in [4.78, 5) is 62.7. The number of hydrogen-bond acceptors (Lipinski definition) is 7. The number of hydrogen-bond donors (Lipinski definition) is 2. The fourth-order valence-electron chi connectivity index (χ4n) is 5.82. The molecule has 0 unspecified atom stereocenters. The van der Waals surface area contributed by atoms with Crippen molar-refractivity contribution in [3.8, 4) is 0 Å². The molecule has 5 rings (SSSR count). The predicted octanol–water partition coefficient (Wildman–Crippen LogP) is 5.33. The van der Waals surface area contributed by atoms with Crippen LogP contribution in [0.4, 0.5) is 11.5 Å². The molecule has 1 saturated carbocycles. The summed E-state index contributed by atoms with van der Waals surface area (Å²) in [7, 11) is 5.58. The number of nitrogens with zero attached hydrogens (tertiary/aromatic N) is 4. The molecule has 1 aliphatic heterocycles. The Morgan fingerprint density at radius 3 is 2.38 bits per heavy atom. The van der Waals surface area contributed by atoms with Crippen LogP contribution in [0.1, 0.15) is 59.4 Å². The van der Waals surface area contributed by atoms with E-state index in [2.05, 4.69) is 15.6 Å². The number of furan rings is 1. The van der Waals surface area contributed by atoms with E-state index in [-0.39, 0.29) is 71.8 Å². The van der Waals surface area contributed by atoms with Crippen molar-refractivity contribution in [2.45, 2.75) is 44.6 Å². The molecule has 2 N–H and O–H groups in total. The van der Waals surface area contributed by atoms with Crippen LogP contribution >= 0.6 is 36.4 Å². The van der Waals surface area contributed by atoms with Crippen molar-refractivity contribution in [1.82, 2.24) is 19.7 Å². The van der Waals surface area contributed by atoms with Gasteiger partial charge in [0.2, 0.25) is 17.6 Å². The van der Waals surface area contributed by atoms with E-state index in [1.807, 2.05) is 23.9 Å². The van der Waals surface area contributed by atoms with E-state index in [0.29, 0.717) is 53.9 Å². The lowest BCUT2D eigenvalue weighted by Crippen LogP contribution is -2.40. The van der Waals surface area contributed by atoms with Gasteiger partial charge in [-0.2, -0.15) is 0 Å². The standard InChI is InChI=1S/C31H37ClN6O5.2ClH/c1-36(2)16-17-37(3)31(42)22-6-4-7-23-26(22)27(28(43-23)30(41)34-24-14-11-20(32)18-33-24)35-29(40)19-9-12-21(13-10-19)38-15-5-8-25(38)39;;/h4,6-7,11,14,18-19,21H,5,8-10,12-13,15-17H2,1-3H3,(H,35,40)(H,33,34,41);2*1H. The maximum atomic E-state index is 13.7. The smallest absolute Gasteiger partial charge is 0.294 e. The van der Waals surface area contributed by atoms with E-state index >= 15 is 0 Å². The number of benzene rings is 1. The zero-order valence-corrected chi connectivity index (χ0v) is 27.9. The number of aromatic nitrogens is 1. The molecule has 4 amide bonds. The molecule has 2 aliphatic rings. The number of anilines is 2. The van der Waals surface area contributed by atoms with Gasteiger partial charge in [0.1, 0.15) is 17.1 Å². The largest absolute Gasteiger partial charge is 0.449 e. The van der Waals surface area contributed by atoms with E-state index in [0.717, 1.165) is 25.8 Å². The van der Waals surface area contributed by atoms with Gasteiger partial charge in [0.05, 0.1) is 16.0 Å². The van der Waals surface area contributed by atoms with Crippen molar-refractivity contribution >= 4 is 82.5 Å². The Balaban J connectivity index is 0.00000276. The van der Waals surface area contributed by atoms with Crippen molar-refractivity contribution in [3.05, 3.63) is 52.9 Å². The van der Waals surface area contributed by atoms with Crippen LogP contribution in [0.3, 0.4) is 0 Å². The highest BCUT2D eigenvalue weighted by molar-refractivity contribution is 6.30. The first-order valence-electron chi connectivity index (χ1n) is 14.6. The molecular weight excluding hydrogens is 643 g/mol. The second kappa shape index (κ2) is 15.8. The number of fused-ring (bicyclic) bond motifs is 1. The van der Waals surface area contributed by atoms with E-state index in [1.165, 1.54) is 6.20 Å². The van der Waals surface area contributed by atoms with Crippen LogP contribution in [0.2, 0.25) is 5.02 Å². The molecular formula is C31H39Cl3N6O5. The van der Waals surface area contributed by atoms with Crippen LogP contribution < -0.4 is 10.6 Å². The molecule has 2 aromatic heterocycles. The normalized spacial score (nSPS) is 17.9. The lowest BCUT2D eigenvalue weighted by molar-refractivity contribution is -0.130. The second-order valence-electron chi connectivity index (χ2n) is 11.5. The van der Waals surface area contributed by atoms with Gasteiger partial charge in [-0.05, 0) is 70.5 Å². The fourth-order valence-corrected chi connectivity index (χ4v) is 5.93. The summed E-state index contributed by atoms with van der Waals surface area (Å²) in [6.45, 7) is 1.93. The molecule has 2 fully saturated rings. The van der Waals surface area contributed by atoms with Gasteiger partial charge in [-0.25, -0.2) is 4.98 Å². The number of amides is 4. The third kappa shape index (κ3) is 8.26. The summed E-state index contributed by atoms with van der Waals surface area (Å²) in [6.07, 6.45) is 5.60. The number of carbonyl (C=O) groups is 4. The average molecular weight is 682 g/mol. The first-order chi connectivity index (χ1) is 20.6. The minimum absolute atomic E-state index is 0. The molecule has 11 nitrogen and oxygen atoms in total. The second-order valence-corrected chi connectivity index (χ2v) is 12.0. The first kappa shape index (κ1) is 36.1. The first-order valence-corrected chi connectivity index (χ1v) is 15.0. The Kier molecular flexibility index (Phi) is 12.6. The van der Waals surface area contributed by atoms with Crippen molar-refractivity contribution in [1.29, 1.82) is 0 Å². The van der Waals surface area contributed by atoms with Gasteiger partial charge >= 0.3 is 0 Å². The molecule has 1 aromatic carbocycles. The molecule has 0 spiro atoms. The summed E-state index contributed by atoms with van der Waals surface area (Å²) >= 11 is 5.94. The molecule has 0 bridgehead atoms. The minimum atomic E-state index is -0.628. The van der Waals surface area contributed by atoms with Crippen LogP contribution in [0.25, 0.3) is 11.0 Å². The Bertz CT molecular complexity index is 1520. The van der Waals surface area contributed by atoms with Gasteiger partial charge in [-0.1, -0.05) is 17.7 Å². The predicted molar refractivity (Wildman–Crippen MR) is 179 cm³/mol. The number of likely N-dealkylation sites (tertiary alicyclic amines) is 1. The molecule has 0 radical (unpaired) electrons. The Hall–Kier alpha value is -3.38. The van der Waals surface area contributed by atoms with Crippen molar-refractivity contribution < 1.29 is 23.6 Å². The van der Waals surface area contributed by atoms with E-state index in [9.17, 15) is 19.2 Å². The van der Waals surface area contributed by atoms with Gasteiger partial charge in [0.15, 0.2) is 0 Å². The Labute approximate surface area is 279 Å². The molecule has 3 aromatic rings. The number of likely N-dealkylation sites (N-methyl/N-ethyl adjacent to an activating group) is 2. The van der Waals surface area contributed by atoms with E-state index < -0.39 is 5.91 Å². The van der Waals surface area contributed by atoms with Gasteiger partial charge in [0, 0.05) is 51.3 Å². The summed E-state index contributed by atoms with van der Waals surface area (Å²) in [5.74, 6) is -1.14. The molecule has 45 heavy (non-hydrogen) atoms. The number of pyridine rings is 1. The van der Waals surface area contributed by atoms with E-state index in [1.54, 1.807) is 42.3 Å². The molecule has 1 saturated heterocycles. The summed E-state index contributed by atoms with van der Waals surface area (Å²) < 4.78 is 6.01. The molecule has 1 aliphatic carbocycles. The van der Waals surface area contributed by atoms with Gasteiger partial charge in [-0.3, -0.25) is 19.2 Å². The quantitative estimate of drug-likeness (QED) is 0.313. The van der Waals surface area contributed by atoms with Crippen LogP contribution in [0, 0.1) is 5.92 Å². The van der Waals surface area contributed by atoms with E-state index in [4.69, 9.17) is 16.0 Å². The zero-order valence-electron chi connectivity index (χ0n) is 25.5. The highest BCUT2D eigenvalue weighted by Gasteiger charge is 2.35. The maximum Gasteiger partial charge on any atom is 0.294 e. The average Bonchev–Trinajstić information content (AvgIpc) is 3.60. The lowest BCUT2D eigenvalue weighted by Gasteiger charge is -2.34. The topological polar surface area (TPSA) is 128 Å². The Morgan fingerprint density at radius 2 is 1.76 bits per heavy atom. The van der Waals surface area contributed by atoms with Crippen LogP contribution in [-0.2, 0) is 9.59 Å². The zero-order chi connectivity index (χ0) is 30.7. The minimum Gasteiger partial charge on any atom is -0.449 e. The summed E-state index contributed by atoms with van der Waals surface area (Å²) in [6, 6.07) is 8.33. The molecule has 14 heteroatoms. The lowest BCUT2D eigenvalue weighted by atomic mass is 9.84.